The molecule has 1 unspecified atom stereocenters. The fourth-order valence-corrected chi connectivity index (χ4v) is 2.64. The SMILES string of the molecule is CCC(CC)C(CNC(C)(C)C)c1ccc(C)cc1. The Hall–Kier alpha value is -0.820. The Balaban J connectivity index is 2.88. The maximum Gasteiger partial charge on any atom is 0.00967 e. The lowest BCUT2D eigenvalue weighted by Crippen LogP contribution is -2.40. The van der Waals surface area contributed by atoms with Gasteiger partial charge in [0, 0.05) is 12.1 Å². The second-order valence-corrected chi connectivity index (χ2v) is 6.72. The van der Waals surface area contributed by atoms with Crippen LogP contribution in [0.4, 0.5) is 0 Å². The number of hydrogen-bond acceptors (Lipinski definition) is 1. The van der Waals surface area contributed by atoms with Gasteiger partial charge in [0.05, 0.1) is 0 Å². The Morgan fingerprint density at radius 2 is 1.53 bits per heavy atom. The van der Waals surface area contributed by atoms with Gasteiger partial charge in [-0.3, -0.25) is 0 Å². The predicted molar refractivity (Wildman–Crippen MR) is 85.7 cm³/mol. The molecule has 1 nitrogen and oxygen atoms in total. The summed E-state index contributed by atoms with van der Waals surface area (Å²) >= 11 is 0. The van der Waals surface area contributed by atoms with E-state index in [1.807, 2.05) is 0 Å². The van der Waals surface area contributed by atoms with E-state index < -0.39 is 0 Å². The van der Waals surface area contributed by atoms with Crippen LogP contribution in [-0.2, 0) is 0 Å². The average molecular weight is 261 g/mol. The van der Waals surface area contributed by atoms with Crippen LogP contribution in [0.2, 0.25) is 0 Å². The van der Waals surface area contributed by atoms with Crippen LogP contribution in [0.15, 0.2) is 24.3 Å². The van der Waals surface area contributed by atoms with Crippen molar-refractivity contribution in [2.45, 2.75) is 65.8 Å². The van der Waals surface area contributed by atoms with Crippen molar-refractivity contribution in [3.63, 3.8) is 0 Å². The van der Waals surface area contributed by atoms with E-state index in [-0.39, 0.29) is 5.54 Å². The molecule has 0 spiro atoms. The van der Waals surface area contributed by atoms with Gasteiger partial charge in [0.25, 0.3) is 0 Å². The molecule has 1 aromatic carbocycles. The molecule has 1 aromatic rings. The quantitative estimate of drug-likeness (QED) is 0.767. The number of rotatable bonds is 6. The highest BCUT2D eigenvalue weighted by Crippen LogP contribution is 2.29. The third-order valence-electron chi connectivity index (χ3n) is 3.98. The molecule has 1 N–H and O–H groups in total. The summed E-state index contributed by atoms with van der Waals surface area (Å²) in [6.07, 6.45) is 2.50. The highest BCUT2D eigenvalue weighted by atomic mass is 14.9. The minimum absolute atomic E-state index is 0.189. The highest BCUT2D eigenvalue weighted by Gasteiger charge is 2.22. The second kappa shape index (κ2) is 7.09. The van der Waals surface area contributed by atoms with Crippen molar-refractivity contribution < 1.29 is 0 Å². The van der Waals surface area contributed by atoms with Gasteiger partial charge < -0.3 is 5.32 Å². The molecule has 1 atom stereocenters. The lowest BCUT2D eigenvalue weighted by Gasteiger charge is -2.30. The first-order valence-corrected chi connectivity index (χ1v) is 7.69. The first kappa shape index (κ1) is 16.2. The van der Waals surface area contributed by atoms with Crippen molar-refractivity contribution in [2.24, 2.45) is 5.92 Å². The fourth-order valence-electron chi connectivity index (χ4n) is 2.64. The minimum Gasteiger partial charge on any atom is -0.311 e. The first-order chi connectivity index (χ1) is 8.87. The Labute approximate surface area is 119 Å². The third-order valence-corrected chi connectivity index (χ3v) is 3.98. The monoisotopic (exact) mass is 261 g/mol. The number of benzene rings is 1. The van der Waals surface area contributed by atoms with Crippen LogP contribution in [-0.4, -0.2) is 12.1 Å². The van der Waals surface area contributed by atoms with Gasteiger partial charge >= 0.3 is 0 Å². The van der Waals surface area contributed by atoms with Crippen LogP contribution in [0.25, 0.3) is 0 Å². The summed E-state index contributed by atoms with van der Waals surface area (Å²) in [5.74, 6) is 1.38. The maximum absolute atomic E-state index is 3.68. The number of aryl methyl sites for hydroxylation is 1. The third kappa shape index (κ3) is 5.36. The Morgan fingerprint density at radius 1 is 1.00 bits per heavy atom. The molecular formula is C18H31N. The highest BCUT2D eigenvalue weighted by molar-refractivity contribution is 5.25. The van der Waals surface area contributed by atoms with Gasteiger partial charge in [0.1, 0.15) is 0 Å². The van der Waals surface area contributed by atoms with E-state index >= 15 is 0 Å². The lowest BCUT2D eigenvalue weighted by molar-refractivity contribution is 0.335. The fraction of sp³-hybridized carbons (Fsp3) is 0.667. The summed E-state index contributed by atoms with van der Waals surface area (Å²) in [4.78, 5) is 0. The van der Waals surface area contributed by atoms with E-state index in [1.54, 1.807) is 0 Å². The Morgan fingerprint density at radius 3 is 1.95 bits per heavy atom. The second-order valence-electron chi connectivity index (χ2n) is 6.72. The Bertz CT molecular complexity index is 354. The summed E-state index contributed by atoms with van der Waals surface area (Å²) < 4.78 is 0. The molecule has 0 aromatic heterocycles. The van der Waals surface area contributed by atoms with Crippen LogP contribution in [0.5, 0.6) is 0 Å². The molecule has 0 bridgehead atoms. The molecule has 0 aliphatic rings. The van der Waals surface area contributed by atoms with Crippen molar-refractivity contribution in [3.8, 4) is 0 Å². The molecular weight excluding hydrogens is 230 g/mol. The van der Waals surface area contributed by atoms with Crippen molar-refractivity contribution in [1.29, 1.82) is 0 Å². The van der Waals surface area contributed by atoms with E-state index in [4.69, 9.17) is 0 Å². The van der Waals surface area contributed by atoms with Crippen molar-refractivity contribution >= 4 is 0 Å². The first-order valence-electron chi connectivity index (χ1n) is 7.69. The molecule has 0 radical (unpaired) electrons. The van der Waals surface area contributed by atoms with E-state index in [0.717, 1.165) is 12.5 Å². The summed E-state index contributed by atoms with van der Waals surface area (Å²) in [6, 6.07) is 9.09. The molecule has 1 rings (SSSR count). The van der Waals surface area contributed by atoms with Crippen LogP contribution in [0.1, 0.15) is 64.5 Å². The smallest absolute Gasteiger partial charge is 0.00967 e. The van der Waals surface area contributed by atoms with Crippen molar-refractivity contribution in [1.82, 2.24) is 5.32 Å². The normalized spacial score (nSPS) is 13.8. The van der Waals surface area contributed by atoms with Crippen LogP contribution in [0.3, 0.4) is 0 Å². The summed E-state index contributed by atoms with van der Waals surface area (Å²) in [5.41, 5.74) is 3.02. The molecule has 0 aliphatic carbocycles. The number of hydrogen-bond donors (Lipinski definition) is 1. The van der Waals surface area contributed by atoms with Gasteiger partial charge in [-0.2, -0.15) is 0 Å². The predicted octanol–water partition coefficient (Wildman–Crippen LogP) is 4.90. The van der Waals surface area contributed by atoms with Gasteiger partial charge in [-0.1, -0.05) is 56.5 Å². The largest absolute Gasteiger partial charge is 0.311 e. The van der Waals surface area contributed by atoms with Crippen LogP contribution < -0.4 is 5.32 Å². The van der Waals surface area contributed by atoms with Gasteiger partial charge in [-0.15, -0.1) is 0 Å². The molecule has 0 amide bonds. The average Bonchev–Trinajstić information content (AvgIpc) is 2.35. The zero-order valence-electron chi connectivity index (χ0n) is 13.6. The zero-order valence-corrected chi connectivity index (χ0v) is 13.6. The molecule has 1 heteroatoms. The topological polar surface area (TPSA) is 12.0 Å². The molecule has 19 heavy (non-hydrogen) atoms. The number of nitrogens with one attached hydrogen (secondary N) is 1. The molecule has 0 aliphatic heterocycles. The maximum atomic E-state index is 3.68. The lowest BCUT2D eigenvalue weighted by atomic mass is 9.82. The Kier molecular flexibility index (Phi) is 6.06. The standard InChI is InChI=1S/C18H31N/c1-7-15(8-2)17(13-19-18(4,5)6)16-11-9-14(3)10-12-16/h9-12,15,17,19H,7-8,13H2,1-6H3. The molecule has 0 heterocycles. The van der Waals surface area contributed by atoms with E-state index in [2.05, 4.69) is 71.1 Å². The summed E-state index contributed by atoms with van der Waals surface area (Å²) in [7, 11) is 0. The summed E-state index contributed by atoms with van der Waals surface area (Å²) in [5, 5.41) is 3.68. The van der Waals surface area contributed by atoms with Gasteiger partial charge in [-0.05, 0) is 45.1 Å². The van der Waals surface area contributed by atoms with Crippen LogP contribution >= 0.6 is 0 Å². The zero-order chi connectivity index (χ0) is 14.5. The summed E-state index contributed by atoms with van der Waals surface area (Å²) in [6.45, 7) is 14.6. The van der Waals surface area contributed by atoms with Crippen molar-refractivity contribution in [2.75, 3.05) is 6.54 Å². The van der Waals surface area contributed by atoms with E-state index in [1.165, 1.54) is 24.0 Å². The van der Waals surface area contributed by atoms with Crippen LogP contribution in [0, 0.1) is 12.8 Å². The van der Waals surface area contributed by atoms with Gasteiger partial charge in [0.15, 0.2) is 0 Å². The molecule has 0 saturated carbocycles. The van der Waals surface area contributed by atoms with E-state index in [9.17, 15) is 0 Å². The van der Waals surface area contributed by atoms with Gasteiger partial charge in [0.2, 0.25) is 0 Å². The van der Waals surface area contributed by atoms with Gasteiger partial charge in [-0.25, -0.2) is 0 Å². The van der Waals surface area contributed by atoms with E-state index in [0.29, 0.717) is 5.92 Å². The van der Waals surface area contributed by atoms with Crippen molar-refractivity contribution in [3.05, 3.63) is 35.4 Å². The molecule has 108 valence electrons. The molecule has 0 saturated heterocycles. The minimum atomic E-state index is 0.189. The molecule has 0 fully saturated rings.